The first-order chi connectivity index (χ1) is 14.1. The molecule has 0 bridgehead atoms. The van der Waals surface area contributed by atoms with Gasteiger partial charge in [-0.1, -0.05) is 69.4 Å². The van der Waals surface area contributed by atoms with E-state index in [1.807, 2.05) is 30.3 Å². The Balaban J connectivity index is 0.000000290. The van der Waals surface area contributed by atoms with Crippen LogP contribution in [0.1, 0.15) is 55.8 Å². The summed E-state index contributed by atoms with van der Waals surface area (Å²) in [6.07, 6.45) is 8.86. The Bertz CT molecular complexity index is 792. The molecule has 2 fully saturated rings. The molecule has 1 atom stereocenters. The largest absolute Gasteiger partial charge is 0.478 e. The lowest BCUT2D eigenvalue weighted by atomic mass is 9.91. The lowest BCUT2D eigenvalue weighted by molar-refractivity contribution is -0.107. The number of carboxylic acids is 1. The predicted molar refractivity (Wildman–Crippen MR) is 117 cm³/mol. The highest BCUT2D eigenvalue weighted by atomic mass is 32.1. The van der Waals surface area contributed by atoms with Crippen molar-refractivity contribution in [1.82, 2.24) is 0 Å². The summed E-state index contributed by atoms with van der Waals surface area (Å²) in [5.74, 6) is 0.00736. The van der Waals surface area contributed by atoms with Crippen LogP contribution in [0.4, 0.5) is 5.00 Å². The number of thiophene rings is 1. The topological polar surface area (TPSA) is 66.8 Å². The second-order valence-electron chi connectivity index (χ2n) is 7.77. The van der Waals surface area contributed by atoms with E-state index in [0.29, 0.717) is 24.6 Å². The van der Waals surface area contributed by atoms with Crippen molar-refractivity contribution in [2.45, 2.75) is 51.5 Å². The normalized spacial score (nSPS) is 19.3. The second-order valence-corrected chi connectivity index (χ2v) is 8.80. The molecular weight excluding hydrogens is 386 g/mol. The van der Waals surface area contributed by atoms with Crippen molar-refractivity contribution in [3.05, 3.63) is 42.0 Å². The Morgan fingerprint density at radius 3 is 2.41 bits per heavy atom. The molecule has 5 nitrogen and oxygen atoms in total. The Morgan fingerprint density at radius 2 is 1.90 bits per heavy atom. The molecule has 6 heteroatoms. The van der Waals surface area contributed by atoms with Gasteiger partial charge in [0.1, 0.15) is 5.00 Å². The van der Waals surface area contributed by atoms with Crippen LogP contribution in [0, 0.1) is 5.92 Å². The standard InChI is InChI=1S/C16H15NO4S.C7H14/c18-10-17(12-6-7-21-9-12)15-13(16(19)20)8-14(22-15)11-4-2-1-3-5-11;1-7-5-3-2-4-6-7/h1-5,8,10,12H,6-7,9H2,(H,19,20);7H,2-6H2,1H3. The van der Waals surface area contributed by atoms with Gasteiger partial charge in [0, 0.05) is 11.5 Å². The molecule has 0 radical (unpaired) electrons. The number of carbonyl (C=O) groups is 2. The van der Waals surface area contributed by atoms with Gasteiger partial charge in [0.2, 0.25) is 6.41 Å². The fraction of sp³-hybridized carbons (Fsp3) is 0.478. The lowest BCUT2D eigenvalue weighted by Crippen LogP contribution is -2.34. The summed E-state index contributed by atoms with van der Waals surface area (Å²) in [5, 5.41) is 9.92. The SMILES string of the molecule is CC1CCCCC1.O=CN(c1sc(-c2ccccc2)cc1C(=O)O)C1CCOC1. The number of ether oxygens (including phenoxy) is 1. The van der Waals surface area contributed by atoms with Crippen LogP contribution in [-0.4, -0.2) is 36.7 Å². The van der Waals surface area contributed by atoms with Crippen molar-refractivity contribution in [2.75, 3.05) is 18.1 Å². The molecule has 1 saturated heterocycles. The summed E-state index contributed by atoms with van der Waals surface area (Å²) in [5.41, 5.74) is 1.10. The molecular formula is C23H29NO4S. The minimum Gasteiger partial charge on any atom is -0.478 e. The van der Waals surface area contributed by atoms with E-state index in [0.717, 1.165) is 22.8 Å². The third-order valence-electron chi connectivity index (χ3n) is 5.54. The van der Waals surface area contributed by atoms with Gasteiger partial charge in [-0.3, -0.25) is 4.79 Å². The number of rotatable bonds is 5. The van der Waals surface area contributed by atoms with Gasteiger partial charge in [0.25, 0.3) is 0 Å². The summed E-state index contributed by atoms with van der Waals surface area (Å²) in [6, 6.07) is 11.1. The van der Waals surface area contributed by atoms with Crippen LogP contribution in [0.2, 0.25) is 0 Å². The minimum atomic E-state index is -1.03. The average Bonchev–Trinajstić information content (AvgIpc) is 3.41. The third-order valence-corrected chi connectivity index (χ3v) is 6.74. The number of carboxylic acid groups (broad SMARTS) is 1. The molecule has 2 aliphatic rings. The fourth-order valence-corrected chi connectivity index (χ4v) is 5.01. The molecule has 0 spiro atoms. The number of nitrogens with zero attached hydrogens (tertiary/aromatic N) is 1. The summed E-state index contributed by atoms with van der Waals surface area (Å²) >= 11 is 1.32. The van der Waals surface area contributed by atoms with Crippen molar-refractivity contribution >= 4 is 28.7 Å². The number of benzene rings is 1. The molecule has 29 heavy (non-hydrogen) atoms. The minimum absolute atomic E-state index is 0.0992. The summed E-state index contributed by atoms with van der Waals surface area (Å²) in [7, 11) is 0. The van der Waals surface area contributed by atoms with Gasteiger partial charge < -0.3 is 14.7 Å². The van der Waals surface area contributed by atoms with Crippen molar-refractivity contribution in [2.24, 2.45) is 5.92 Å². The molecule has 1 aromatic heterocycles. The highest BCUT2D eigenvalue weighted by Gasteiger charge is 2.28. The maximum atomic E-state index is 11.5. The van der Waals surface area contributed by atoms with Gasteiger partial charge in [-0.15, -0.1) is 11.3 Å². The highest BCUT2D eigenvalue weighted by molar-refractivity contribution is 7.20. The quantitative estimate of drug-likeness (QED) is 0.659. The number of hydrogen-bond donors (Lipinski definition) is 1. The molecule has 1 aliphatic carbocycles. The van der Waals surface area contributed by atoms with E-state index >= 15 is 0 Å². The first-order valence-electron chi connectivity index (χ1n) is 10.3. The lowest BCUT2D eigenvalue weighted by Gasteiger charge is -2.22. The van der Waals surface area contributed by atoms with Crippen LogP contribution < -0.4 is 4.90 Å². The van der Waals surface area contributed by atoms with E-state index in [1.165, 1.54) is 48.3 Å². The van der Waals surface area contributed by atoms with E-state index in [9.17, 15) is 14.7 Å². The Labute approximate surface area is 176 Å². The van der Waals surface area contributed by atoms with Crippen molar-refractivity contribution in [3.8, 4) is 10.4 Å². The summed E-state index contributed by atoms with van der Waals surface area (Å²) in [4.78, 5) is 25.4. The average molecular weight is 416 g/mol. The van der Waals surface area contributed by atoms with Gasteiger partial charge in [-0.2, -0.15) is 0 Å². The van der Waals surface area contributed by atoms with Crippen molar-refractivity contribution in [1.29, 1.82) is 0 Å². The van der Waals surface area contributed by atoms with E-state index < -0.39 is 5.97 Å². The number of carbonyl (C=O) groups excluding carboxylic acids is 1. The number of anilines is 1. The zero-order valence-corrected chi connectivity index (χ0v) is 17.7. The van der Waals surface area contributed by atoms with Crippen LogP contribution in [0.5, 0.6) is 0 Å². The molecule has 1 saturated carbocycles. The number of aromatic carboxylic acids is 1. The van der Waals surface area contributed by atoms with Crippen LogP contribution in [0.25, 0.3) is 10.4 Å². The molecule has 1 unspecified atom stereocenters. The first-order valence-corrected chi connectivity index (χ1v) is 11.2. The third kappa shape index (κ3) is 5.67. The maximum Gasteiger partial charge on any atom is 0.338 e. The van der Waals surface area contributed by atoms with Crippen molar-refractivity contribution in [3.63, 3.8) is 0 Å². The molecule has 2 heterocycles. The predicted octanol–water partition coefficient (Wildman–Crippen LogP) is 5.45. The first kappa shape index (κ1) is 21.5. The Morgan fingerprint density at radius 1 is 1.17 bits per heavy atom. The Hall–Kier alpha value is -2.18. The van der Waals surface area contributed by atoms with Gasteiger partial charge in [-0.05, 0) is 24.0 Å². The van der Waals surface area contributed by atoms with Gasteiger partial charge >= 0.3 is 5.97 Å². The zero-order chi connectivity index (χ0) is 20.6. The highest BCUT2D eigenvalue weighted by Crippen LogP contribution is 2.39. The molecule has 1 aromatic carbocycles. The smallest absolute Gasteiger partial charge is 0.338 e. The molecule has 4 rings (SSSR count). The molecule has 1 aliphatic heterocycles. The molecule has 156 valence electrons. The van der Waals surface area contributed by atoms with E-state index in [2.05, 4.69) is 6.92 Å². The second kappa shape index (κ2) is 10.6. The van der Waals surface area contributed by atoms with Gasteiger partial charge in [-0.25, -0.2) is 4.79 Å². The molecule has 1 amide bonds. The number of hydrogen-bond acceptors (Lipinski definition) is 4. The monoisotopic (exact) mass is 415 g/mol. The maximum absolute atomic E-state index is 11.5. The van der Waals surface area contributed by atoms with Crippen LogP contribution in [-0.2, 0) is 9.53 Å². The van der Waals surface area contributed by atoms with E-state index in [-0.39, 0.29) is 11.6 Å². The van der Waals surface area contributed by atoms with E-state index in [4.69, 9.17) is 4.74 Å². The van der Waals surface area contributed by atoms with Gasteiger partial charge in [0.15, 0.2) is 0 Å². The van der Waals surface area contributed by atoms with E-state index in [1.54, 1.807) is 6.07 Å². The summed E-state index contributed by atoms with van der Waals surface area (Å²) in [6.45, 7) is 3.39. The fourth-order valence-electron chi connectivity index (χ4n) is 3.82. The Kier molecular flexibility index (Phi) is 7.83. The van der Waals surface area contributed by atoms with Crippen molar-refractivity contribution < 1.29 is 19.4 Å². The van der Waals surface area contributed by atoms with Gasteiger partial charge in [0.05, 0.1) is 18.2 Å². The van der Waals surface area contributed by atoms with Crippen LogP contribution >= 0.6 is 11.3 Å². The van der Waals surface area contributed by atoms with Crippen LogP contribution in [0.15, 0.2) is 36.4 Å². The molecule has 2 aromatic rings. The zero-order valence-electron chi connectivity index (χ0n) is 16.9. The van der Waals surface area contributed by atoms with Crippen LogP contribution in [0.3, 0.4) is 0 Å². The number of amides is 1. The molecule has 1 N–H and O–H groups in total. The summed E-state index contributed by atoms with van der Waals surface area (Å²) < 4.78 is 5.31.